The minimum Gasteiger partial charge on any atom is -0.378 e. The number of nitrogens with zero attached hydrogens (tertiary/aromatic N) is 2. The molecule has 1 fully saturated rings. The summed E-state index contributed by atoms with van der Waals surface area (Å²) in [6.45, 7) is 1.71. The molecule has 162 valence electrons. The SMILES string of the molecule is O=C(NCc1ccc(N2CCOCC2)cc1C(F)(F)F)c1cc(-c2ccccc2)no1. The molecule has 1 aliphatic heterocycles. The van der Waals surface area contributed by atoms with Crippen LogP contribution in [-0.4, -0.2) is 37.4 Å². The average molecular weight is 431 g/mol. The van der Waals surface area contributed by atoms with Gasteiger partial charge in [0.25, 0.3) is 5.91 Å². The number of carbonyl (C=O) groups excluding carboxylic acids is 1. The van der Waals surface area contributed by atoms with Crippen molar-refractivity contribution in [3.63, 3.8) is 0 Å². The van der Waals surface area contributed by atoms with Gasteiger partial charge in [-0.3, -0.25) is 4.79 Å². The van der Waals surface area contributed by atoms with Gasteiger partial charge in [-0.25, -0.2) is 0 Å². The number of morpholine rings is 1. The Balaban J connectivity index is 1.48. The Labute approximate surface area is 176 Å². The van der Waals surface area contributed by atoms with Crippen LogP contribution in [0.1, 0.15) is 21.7 Å². The first kappa shape index (κ1) is 20.9. The van der Waals surface area contributed by atoms with E-state index in [-0.39, 0.29) is 17.9 Å². The Morgan fingerprint density at radius 1 is 1.06 bits per heavy atom. The van der Waals surface area contributed by atoms with E-state index in [2.05, 4.69) is 10.5 Å². The number of nitrogens with one attached hydrogen (secondary N) is 1. The summed E-state index contributed by atoms with van der Waals surface area (Å²) in [4.78, 5) is 14.2. The van der Waals surface area contributed by atoms with Crippen molar-refractivity contribution in [3.05, 3.63) is 71.5 Å². The van der Waals surface area contributed by atoms with E-state index in [9.17, 15) is 18.0 Å². The van der Waals surface area contributed by atoms with Gasteiger partial charge in [-0.1, -0.05) is 41.6 Å². The molecule has 31 heavy (non-hydrogen) atoms. The Hall–Kier alpha value is -3.33. The molecule has 0 saturated carbocycles. The molecule has 0 bridgehead atoms. The fourth-order valence-corrected chi connectivity index (χ4v) is 3.39. The number of aromatic nitrogens is 1. The van der Waals surface area contributed by atoms with Crippen LogP contribution >= 0.6 is 0 Å². The van der Waals surface area contributed by atoms with Crippen molar-refractivity contribution in [3.8, 4) is 11.3 Å². The van der Waals surface area contributed by atoms with E-state index in [0.717, 1.165) is 11.6 Å². The largest absolute Gasteiger partial charge is 0.416 e. The van der Waals surface area contributed by atoms with Crippen LogP contribution in [0.3, 0.4) is 0 Å². The van der Waals surface area contributed by atoms with E-state index in [4.69, 9.17) is 9.26 Å². The summed E-state index contributed by atoms with van der Waals surface area (Å²) in [5, 5.41) is 6.34. The normalized spacial score (nSPS) is 14.5. The molecule has 2 aromatic carbocycles. The summed E-state index contributed by atoms with van der Waals surface area (Å²) < 4.78 is 51.3. The van der Waals surface area contributed by atoms with Crippen LogP contribution in [-0.2, 0) is 17.5 Å². The Morgan fingerprint density at radius 3 is 2.52 bits per heavy atom. The quantitative estimate of drug-likeness (QED) is 0.658. The van der Waals surface area contributed by atoms with E-state index in [0.29, 0.717) is 37.7 Å². The van der Waals surface area contributed by atoms with Crippen molar-refractivity contribution in [1.29, 1.82) is 0 Å². The first-order valence-electron chi connectivity index (χ1n) is 9.75. The second kappa shape index (κ2) is 8.81. The highest BCUT2D eigenvalue weighted by Crippen LogP contribution is 2.35. The zero-order valence-corrected chi connectivity index (χ0v) is 16.5. The van der Waals surface area contributed by atoms with Crippen LogP contribution in [0.5, 0.6) is 0 Å². The number of benzene rings is 2. The molecule has 4 rings (SSSR count). The highest BCUT2D eigenvalue weighted by atomic mass is 19.4. The van der Waals surface area contributed by atoms with Gasteiger partial charge in [0, 0.05) is 37.0 Å². The van der Waals surface area contributed by atoms with E-state index < -0.39 is 17.6 Å². The van der Waals surface area contributed by atoms with Crippen LogP contribution in [0.15, 0.2) is 59.1 Å². The zero-order chi connectivity index (χ0) is 21.8. The number of alkyl halides is 3. The van der Waals surface area contributed by atoms with Crippen molar-refractivity contribution in [2.45, 2.75) is 12.7 Å². The number of amides is 1. The van der Waals surface area contributed by atoms with Gasteiger partial charge in [-0.2, -0.15) is 13.2 Å². The lowest BCUT2D eigenvalue weighted by Gasteiger charge is -2.29. The summed E-state index contributed by atoms with van der Waals surface area (Å²) in [7, 11) is 0. The summed E-state index contributed by atoms with van der Waals surface area (Å²) in [5.41, 5.74) is 0.911. The molecule has 1 aromatic heterocycles. The number of halogens is 3. The zero-order valence-electron chi connectivity index (χ0n) is 16.5. The van der Waals surface area contributed by atoms with E-state index in [1.54, 1.807) is 6.07 Å². The van der Waals surface area contributed by atoms with Crippen molar-refractivity contribution in [2.75, 3.05) is 31.2 Å². The van der Waals surface area contributed by atoms with Gasteiger partial charge in [0.05, 0.1) is 18.8 Å². The minimum absolute atomic E-state index is 0.0272. The number of hydrogen-bond donors (Lipinski definition) is 1. The van der Waals surface area contributed by atoms with Gasteiger partial charge in [0.2, 0.25) is 5.76 Å². The summed E-state index contributed by atoms with van der Waals surface area (Å²) in [6, 6.07) is 14.7. The molecule has 0 aliphatic carbocycles. The van der Waals surface area contributed by atoms with Gasteiger partial charge in [-0.05, 0) is 17.7 Å². The standard InChI is InChI=1S/C22H20F3N3O3/c23-22(24,25)18-12-17(28-8-10-30-11-9-28)7-6-16(18)14-26-21(29)20-13-19(27-31-20)15-4-2-1-3-5-15/h1-7,12-13H,8-11,14H2,(H,26,29). The minimum atomic E-state index is -4.55. The monoisotopic (exact) mass is 431 g/mol. The Kier molecular flexibility index (Phi) is 5.94. The summed E-state index contributed by atoms with van der Waals surface area (Å²) >= 11 is 0. The first-order chi connectivity index (χ1) is 14.9. The average Bonchev–Trinajstić information content (AvgIpc) is 3.28. The predicted molar refractivity (Wildman–Crippen MR) is 108 cm³/mol. The molecule has 0 radical (unpaired) electrons. The number of rotatable bonds is 5. The second-order valence-corrected chi connectivity index (χ2v) is 7.06. The molecule has 0 atom stereocenters. The summed E-state index contributed by atoms with van der Waals surface area (Å²) in [5.74, 6) is -0.711. The van der Waals surface area contributed by atoms with Crippen LogP contribution in [0.4, 0.5) is 18.9 Å². The lowest BCUT2D eigenvalue weighted by molar-refractivity contribution is -0.138. The third-order valence-electron chi connectivity index (χ3n) is 5.02. The smallest absolute Gasteiger partial charge is 0.378 e. The third kappa shape index (κ3) is 4.88. The Bertz CT molecular complexity index is 1040. The molecular formula is C22H20F3N3O3. The fourth-order valence-electron chi connectivity index (χ4n) is 3.39. The number of anilines is 1. The van der Waals surface area contributed by atoms with Gasteiger partial charge in [-0.15, -0.1) is 0 Å². The number of hydrogen-bond acceptors (Lipinski definition) is 5. The third-order valence-corrected chi connectivity index (χ3v) is 5.02. The summed E-state index contributed by atoms with van der Waals surface area (Å²) in [6.07, 6.45) is -4.55. The highest BCUT2D eigenvalue weighted by molar-refractivity contribution is 5.92. The van der Waals surface area contributed by atoms with Crippen molar-refractivity contribution in [2.24, 2.45) is 0 Å². The maximum absolute atomic E-state index is 13.6. The highest BCUT2D eigenvalue weighted by Gasteiger charge is 2.34. The molecule has 1 aliphatic rings. The lowest BCUT2D eigenvalue weighted by atomic mass is 10.0. The van der Waals surface area contributed by atoms with Crippen molar-refractivity contribution in [1.82, 2.24) is 10.5 Å². The fraction of sp³-hybridized carbons (Fsp3) is 0.273. The van der Waals surface area contributed by atoms with Crippen molar-refractivity contribution < 1.29 is 27.2 Å². The van der Waals surface area contributed by atoms with Crippen LogP contribution in [0.25, 0.3) is 11.3 Å². The Morgan fingerprint density at radius 2 is 1.81 bits per heavy atom. The topological polar surface area (TPSA) is 67.6 Å². The molecule has 3 aromatic rings. The molecule has 1 saturated heterocycles. The molecule has 1 amide bonds. The number of carbonyl (C=O) groups is 1. The van der Waals surface area contributed by atoms with Gasteiger partial charge in [0.15, 0.2) is 0 Å². The van der Waals surface area contributed by atoms with Crippen molar-refractivity contribution >= 4 is 11.6 Å². The van der Waals surface area contributed by atoms with Gasteiger partial charge in [0.1, 0.15) is 5.69 Å². The molecule has 9 heteroatoms. The van der Waals surface area contributed by atoms with Gasteiger partial charge < -0.3 is 19.5 Å². The maximum atomic E-state index is 13.6. The van der Waals surface area contributed by atoms with Crippen LogP contribution in [0, 0.1) is 0 Å². The molecule has 1 N–H and O–H groups in total. The molecule has 0 spiro atoms. The van der Waals surface area contributed by atoms with E-state index >= 15 is 0 Å². The molecule has 0 unspecified atom stereocenters. The molecular weight excluding hydrogens is 411 g/mol. The second-order valence-electron chi connectivity index (χ2n) is 7.06. The van der Waals surface area contributed by atoms with Gasteiger partial charge >= 0.3 is 6.18 Å². The van der Waals surface area contributed by atoms with Crippen LogP contribution < -0.4 is 10.2 Å². The van der Waals surface area contributed by atoms with E-state index in [1.807, 2.05) is 35.2 Å². The predicted octanol–water partition coefficient (Wildman–Crippen LogP) is 4.13. The maximum Gasteiger partial charge on any atom is 0.416 e. The number of ether oxygens (including phenoxy) is 1. The lowest BCUT2D eigenvalue weighted by Crippen LogP contribution is -2.36. The first-order valence-corrected chi connectivity index (χ1v) is 9.75. The van der Waals surface area contributed by atoms with E-state index in [1.165, 1.54) is 12.1 Å². The van der Waals surface area contributed by atoms with Crippen LogP contribution in [0.2, 0.25) is 0 Å². The molecule has 2 heterocycles. The molecule has 6 nitrogen and oxygen atoms in total.